The number of piperidine rings is 1. The third-order valence-electron chi connectivity index (χ3n) is 3.59. The number of nitrogens with zero attached hydrogens (tertiary/aromatic N) is 2. The third kappa shape index (κ3) is 1.41. The first-order valence-corrected chi connectivity index (χ1v) is 5.45. The Morgan fingerprint density at radius 2 is 2.50 bits per heavy atom. The molecule has 1 amide bonds. The van der Waals surface area contributed by atoms with Crippen molar-refractivity contribution in [2.24, 2.45) is 11.7 Å². The Hall–Kier alpha value is -1.43. The lowest BCUT2D eigenvalue weighted by molar-refractivity contribution is -0.120. The van der Waals surface area contributed by atoms with E-state index < -0.39 is 0 Å². The van der Waals surface area contributed by atoms with E-state index in [9.17, 15) is 4.79 Å². The molecule has 1 saturated heterocycles. The Kier molecular flexibility index (Phi) is 1.85. The molecule has 2 heterocycles. The summed E-state index contributed by atoms with van der Waals surface area (Å²) in [6.45, 7) is 1.77. The van der Waals surface area contributed by atoms with E-state index in [1.54, 1.807) is 6.92 Å². The number of carbonyl (C=O) groups is 1. The fraction of sp³-hybridized carbons (Fsp3) is 0.700. The first kappa shape index (κ1) is 9.77. The van der Waals surface area contributed by atoms with Crippen molar-refractivity contribution in [1.29, 1.82) is 0 Å². The van der Waals surface area contributed by atoms with E-state index in [0.717, 1.165) is 12.8 Å². The van der Waals surface area contributed by atoms with Crippen molar-refractivity contribution in [2.45, 2.75) is 37.8 Å². The summed E-state index contributed by atoms with van der Waals surface area (Å²) >= 11 is 0. The maximum absolute atomic E-state index is 11.1. The maximum atomic E-state index is 11.1. The molecule has 6 nitrogen and oxygen atoms in total. The van der Waals surface area contributed by atoms with Gasteiger partial charge in [0, 0.05) is 18.9 Å². The number of primary amides is 1. The summed E-state index contributed by atoms with van der Waals surface area (Å²) in [5, 5.41) is 11.1. The topological polar surface area (TPSA) is 94.0 Å². The Bertz CT molecular complexity index is 444. The second-order valence-electron chi connectivity index (χ2n) is 4.78. The number of rotatable bonds is 3. The lowest BCUT2D eigenvalue weighted by atomic mass is 10.1. The summed E-state index contributed by atoms with van der Waals surface area (Å²) < 4.78 is 5.35. The van der Waals surface area contributed by atoms with E-state index in [-0.39, 0.29) is 17.5 Å². The smallest absolute Gasteiger partial charge is 0.234 e. The van der Waals surface area contributed by atoms with Crippen molar-refractivity contribution in [3.8, 4) is 0 Å². The van der Waals surface area contributed by atoms with Crippen LogP contribution in [0, 0.1) is 12.8 Å². The SMILES string of the molecule is Cc1nnc(CC23CC2CC(C(N)=O)N3)o1. The van der Waals surface area contributed by atoms with Gasteiger partial charge in [0.25, 0.3) is 0 Å². The minimum atomic E-state index is -0.270. The highest BCUT2D eigenvalue weighted by atomic mass is 16.4. The monoisotopic (exact) mass is 222 g/mol. The van der Waals surface area contributed by atoms with Crippen LogP contribution < -0.4 is 11.1 Å². The van der Waals surface area contributed by atoms with Crippen LogP contribution in [0.3, 0.4) is 0 Å². The number of fused-ring (bicyclic) bond motifs is 1. The lowest BCUT2D eigenvalue weighted by Gasteiger charge is -2.15. The standard InChI is InChI=1S/C10H14N4O2/c1-5-13-14-8(16-5)4-10-3-6(10)2-7(12-10)9(11)15/h6-7,12H,2-4H2,1H3,(H2,11,15). The van der Waals surface area contributed by atoms with Crippen LogP contribution in [0.2, 0.25) is 0 Å². The molecular formula is C10H14N4O2. The van der Waals surface area contributed by atoms with Crippen molar-refractivity contribution in [3.05, 3.63) is 11.8 Å². The second-order valence-corrected chi connectivity index (χ2v) is 4.78. The second kappa shape index (κ2) is 3.04. The molecule has 3 N–H and O–H groups in total. The molecule has 16 heavy (non-hydrogen) atoms. The van der Waals surface area contributed by atoms with Crippen LogP contribution in [0.1, 0.15) is 24.6 Å². The van der Waals surface area contributed by atoms with E-state index in [1.807, 2.05) is 0 Å². The summed E-state index contributed by atoms with van der Waals surface area (Å²) in [6.07, 6.45) is 2.60. The molecule has 0 bridgehead atoms. The number of hydrogen-bond donors (Lipinski definition) is 2. The van der Waals surface area contributed by atoms with Crippen molar-refractivity contribution < 1.29 is 9.21 Å². The molecule has 1 saturated carbocycles. The summed E-state index contributed by atoms with van der Waals surface area (Å²) in [6, 6.07) is -0.192. The molecule has 3 rings (SSSR count). The third-order valence-corrected chi connectivity index (χ3v) is 3.59. The highest BCUT2D eigenvalue weighted by Crippen LogP contribution is 2.53. The van der Waals surface area contributed by atoms with E-state index in [2.05, 4.69) is 15.5 Å². The average Bonchev–Trinajstić information content (AvgIpc) is 2.58. The molecule has 1 aliphatic carbocycles. The van der Waals surface area contributed by atoms with Gasteiger partial charge < -0.3 is 10.2 Å². The van der Waals surface area contributed by atoms with E-state index in [1.165, 1.54) is 0 Å². The molecule has 2 fully saturated rings. The minimum Gasteiger partial charge on any atom is -0.426 e. The maximum Gasteiger partial charge on any atom is 0.234 e. The van der Waals surface area contributed by atoms with Crippen LogP contribution in [0.15, 0.2) is 4.42 Å². The van der Waals surface area contributed by atoms with Gasteiger partial charge in [0.05, 0.1) is 6.04 Å². The van der Waals surface area contributed by atoms with Crippen molar-refractivity contribution >= 4 is 5.91 Å². The van der Waals surface area contributed by atoms with Crippen molar-refractivity contribution in [2.75, 3.05) is 0 Å². The van der Waals surface area contributed by atoms with Crippen LogP contribution >= 0.6 is 0 Å². The Labute approximate surface area is 92.6 Å². The largest absolute Gasteiger partial charge is 0.426 e. The number of hydrogen-bond acceptors (Lipinski definition) is 5. The molecule has 0 aromatic carbocycles. The molecule has 1 aliphatic heterocycles. The lowest BCUT2D eigenvalue weighted by Crippen LogP contribution is -2.44. The van der Waals surface area contributed by atoms with E-state index in [4.69, 9.17) is 10.2 Å². The summed E-state index contributed by atoms with van der Waals surface area (Å²) in [4.78, 5) is 11.1. The highest BCUT2D eigenvalue weighted by Gasteiger charge is 2.61. The Morgan fingerprint density at radius 1 is 1.69 bits per heavy atom. The summed E-state index contributed by atoms with van der Waals surface area (Å²) in [5.41, 5.74) is 5.27. The number of carbonyl (C=O) groups excluding carboxylic acids is 1. The highest BCUT2D eigenvalue weighted by molar-refractivity contribution is 5.80. The van der Waals surface area contributed by atoms with Crippen LogP contribution in [-0.4, -0.2) is 27.7 Å². The van der Waals surface area contributed by atoms with Gasteiger partial charge in [-0.05, 0) is 18.8 Å². The molecule has 1 aromatic heterocycles. The number of nitrogens with one attached hydrogen (secondary N) is 1. The molecule has 3 unspecified atom stereocenters. The van der Waals surface area contributed by atoms with Crippen molar-refractivity contribution in [1.82, 2.24) is 15.5 Å². The average molecular weight is 222 g/mol. The number of aryl methyl sites for hydroxylation is 1. The van der Waals surface area contributed by atoms with Gasteiger partial charge in [-0.15, -0.1) is 10.2 Å². The van der Waals surface area contributed by atoms with Gasteiger partial charge in [0.2, 0.25) is 17.7 Å². The molecule has 6 heteroatoms. The number of amides is 1. The molecule has 0 radical (unpaired) electrons. The fourth-order valence-corrected chi connectivity index (χ4v) is 2.69. The normalized spacial score (nSPS) is 36.1. The van der Waals surface area contributed by atoms with Gasteiger partial charge in [-0.25, -0.2) is 0 Å². The van der Waals surface area contributed by atoms with Gasteiger partial charge >= 0.3 is 0 Å². The van der Waals surface area contributed by atoms with E-state index in [0.29, 0.717) is 24.1 Å². The first-order valence-electron chi connectivity index (χ1n) is 5.45. The van der Waals surface area contributed by atoms with Crippen LogP contribution in [0.25, 0.3) is 0 Å². The van der Waals surface area contributed by atoms with Gasteiger partial charge in [-0.3, -0.25) is 10.1 Å². The molecule has 2 aliphatic rings. The summed E-state index contributed by atoms with van der Waals surface area (Å²) in [5.74, 6) is 1.47. The van der Waals surface area contributed by atoms with Gasteiger partial charge in [-0.2, -0.15) is 0 Å². The predicted octanol–water partition coefficient (Wildman–Crippen LogP) is -0.474. The van der Waals surface area contributed by atoms with Crippen LogP contribution in [-0.2, 0) is 11.2 Å². The number of nitrogens with two attached hydrogens (primary N) is 1. The van der Waals surface area contributed by atoms with Gasteiger partial charge in [0.1, 0.15) is 0 Å². The minimum absolute atomic E-state index is 0.0152. The van der Waals surface area contributed by atoms with Crippen LogP contribution in [0.5, 0.6) is 0 Å². The molecule has 1 aromatic rings. The molecule has 86 valence electrons. The van der Waals surface area contributed by atoms with E-state index >= 15 is 0 Å². The Morgan fingerprint density at radius 3 is 3.06 bits per heavy atom. The van der Waals surface area contributed by atoms with Gasteiger partial charge in [-0.1, -0.05) is 0 Å². The molecule has 3 atom stereocenters. The quantitative estimate of drug-likeness (QED) is 0.720. The zero-order valence-corrected chi connectivity index (χ0v) is 9.06. The molecule has 0 spiro atoms. The first-order chi connectivity index (χ1) is 7.59. The Balaban J connectivity index is 1.71. The van der Waals surface area contributed by atoms with Crippen molar-refractivity contribution in [3.63, 3.8) is 0 Å². The fourth-order valence-electron chi connectivity index (χ4n) is 2.69. The zero-order valence-electron chi connectivity index (χ0n) is 9.06. The van der Waals surface area contributed by atoms with Gasteiger partial charge in [0.15, 0.2) is 0 Å². The predicted molar refractivity (Wildman–Crippen MR) is 54.3 cm³/mol. The number of aromatic nitrogens is 2. The van der Waals surface area contributed by atoms with Crippen LogP contribution in [0.4, 0.5) is 0 Å². The summed E-state index contributed by atoms with van der Waals surface area (Å²) in [7, 11) is 0. The molecular weight excluding hydrogens is 208 g/mol. The zero-order chi connectivity index (χ0) is 11.3.